The van der Waals surface area contributed by atoms with Gasteiger partial charge in [-0.15, -0.1) is 0 Å². The number of nitrogens with zero attached hydrogens (tertiary/aromatic N) is 1. The standard InChI is InChI=1S/C33H29NO2/c1-24-10-12-25(13-11-24)26-14-16-29(17-15-26)34(22-27-18-20-35-32-8-4-2-6-30(27)32)23-28-19-21-36-33-9-5-3-7-31(28)33/h2-17,22-23H,18-21H2,1H3/b27-22+,28-23+. The first-order valence-electron chi connectivity index (χ1n) is 12.6. The van der Waals surface area contributed by atoms with Crippen LogP contribution in [0, 0.1) is 6.92 Å². The Morgan fingerprint density at radius 3 is 1.58 bits per heavy atom. The number of benzene rings is 4. The highest BCUT2D eigenvalue weighted by molar-refractivity contribution is 5.79. The van der Waals surface area contributed by atoms with Crippen molar-refractivity contribution in [2.45, 2.75) is 19.8 Å². The lowest BCUT2D eigenvalue weighted by atomic mass is 9.99. The number of ether oxygens (including phenoxy) is 2. The fourth-order valence-corrected chi connectivity index (χ4v) is 4.89. The molecule has 0 aromatic heterocycles. The third-order valence-electron chi connectivity index (χ3n) is 6.86. The van der Waals surface area contributed by atoms with E-state index >= 15 is 0 Å². The van der Waals surface area contributed by atoms with Gasteiger partial charge in [-0.05, 0) is 53.5 Å². The summed E-state index contributed by atoms with van der Waals surface area (Å²) in [5.41, 5.74) is 9.71. The van der Waals surface area contributed by atoms with Crippen LogP contribution < -0.4 is 14.4 Å². The van der Waals surface area contributed by atoms with Crippen molar-refractivity contribution in [1.29, 1.82) is 0 Å². The van der Waals surface area contributed by atoms with Gasteiger partial charge in [-0.2, -0.15) is 0 Å². The fourth-order valence-electron chi connectivity index (χ4n) is 4.89. The lowest BCUT2D eigenvalue weighted by Crippen LogP contribution is -2.15. The van der Waals surface area contributed by atoms with Crippen molar-refractivity contribution < 1.29 is 9.47 Å². The Hall–Kier alpha value is -4.24. The van der Waals surface area contributed by atoms with Gasteiger partial charge in [0, 0.05) is 42.1 Å². The molecule has 2 aliphatic rings. The van der Waals surface area contributed by atoms with Crippen molar-refractivity contribution in [2.75, 3.05) is 18.1 Å². The van der Waals surface area contributed by atoms with Crippen molar-refractivity contribution in [3.05, 3.63) is 126 Å². The maximum absolute atomic E-state index is 5.92. The van der Waals surface area contributed by atoms with Crippen LogP contribution in [-0.2, 0) is 0 Å². The SMILES string of the molecule is Cc1ccc(-c2ccc(N(/C=C3\CCOc4ccccc43)/C=C3\CCOc4ccccc43)cc2)cc1. The van der Waals surface area contributed by atoms with Crippen molar-refractivity contribution in [3.8, 4) is 22.6 Å². The Bertz CT molecular complexity index is 1360. The van der Waals surface area contributed by atoms with E-state index in [0.29, 0.717) is 13.2 Å². The summed E-state index contributed by atoms with van der Waals surface area (Å²) in [6.45, 7) is 3.50. The third kappa shape index (κ3) is 4.52. The Labute approximate surface area is 212 Å². The number of para-hydroxylation sites is 2. The minimum absolute atomic E-state index is 0.691. The molecule has 0 bridgehead atoms. The summed E-state index contributed by atoms with van der Waals surface area (Å²) in [6, 6.07) is 34.1. The van der Waals surface area contributed by atoms with Gasteiger partial charge >= 0.3 is 0 Å². The molecule has 0 N–H and O–H groups in total. The van der Waals surface area contributed by atoms with Gasteiger partial charge in [0.15, 0.2) is 0 Å². The van der Waals surface area contributed by atoms with E-state index in [2.05, 4.69) is 109 Å². The first-order valence-corrected chi connectivity index (χ1v) is 12.6. The molecule has 0 aliphatic carbocycles. The zero-order valence-electron chi connectivity index (χ0n) is 20.5. The van der Waals surface area contributed by atoms with Gasteiger partial charge in [0.2, 0.25) is 0 Å². The molecule has 4 aromatic rings. The molecular weight excluding hydrogens is 442 g/mol. The van der Waals surface area contributed by atoms with E-state index in [0.717, 1.165) is 41.2 Å². The summed E-state index contributed by atoms with van der Waals surface area (Å²) in [5, 5.41) is 0. The molecule has 0 amide bonds. The monoisotopic (exact) mass is 471 g/mol. The topological polar surface area (TPSA) is 21.7 Å². The smallest absolute Gasteiger partial charge is 0.126 e. The zero-order valence-corrected chi connectivity index (χ0v) is 20.5. The highest BCUT2D eigenvalue weighted by Crippen LogP contribution is 2.37. The molecule has 0 unspecified atom stereocenters. The van der Waals surface area contributed by atoms with E-state index in [1.807, 2.05) is 12.1 Å². The predicted octanol–water partition coefficient (Wildman–Crippen LogP) is 8.12. The first-order chi connectivity index (χ1) is 17.7. The Morgan fingerprint density at radius 1 is 0.583 bits per heavy atom. The van der Waals surface area contributed by atoms with Crippen LogP contribution in [0.3, 0.4) is 0 Å². The summed E-state index contributed by atoms with van der Waals surface area (Å²) in [6.07, 6.45) is 6.29. The van der Waals surface area contributed by atoms with Crippen LogP contribution >= 0.6 is 0 Å². The molecule has 6 rings (SSSR count). The Morgan fingerprint density at radius 2 is 1.06 bits per heavy atom. The van der Waals surface area contributed by atoms with Gasteiger partial charge < -0.3 is 14.4 Å². The van der Waals surface area contributed by atoms with Gasteiger partial charge in [-0.3, -0.25) is 0 Å². The molecule has 0 saturated carbocycles. The van der Waals surface area contributed by atoms with E-state index in [1.165, 1.54) is 27.8 Å². The van der Waals surface area contributed by atoms with E-state index in [1.54, 1.807) is 0 Å². The van der Waals surface area contributed by atoms with Crippen molar-refractivity contribution in [1.82, 2.24) is 0 Å². The molecule has 0 atom stereocenters. The molecule has 0 radical (unpaired) electrons. The largest absolute Gasteiger partial charge is 0.493 e. The van der Waals surface area contributed by atoms with E-state index in [-0.39, 0.29) is 0 Å². The maximum Gasteiger partial charge on any atom is 0.126 e. The highest BCUT2D eigenvalue weighted by Gasteiger charge is 2.19. The third-order valence-corrected chi connectivity index (χ3v) is 6.86. The van der Waals surface area contributed by atoms with Crippen LogP contribution in [-0.4, -0.2) is 13.2 Å². The first kappa shape index (κ1) is 22.2. The van der Waals surface area contributed by atoms with Crippen LogP contribution in [0.4, 0.5) is 5.69 Å². The molecule has 3 heteroatoms. The average molecular weight is 472 g/mol. The molecule has 0 spiro atoms. The predicted molar refractivity (Wildman–Crippen MR) is 148 cm³/mol. The molecule has 178 valence electrons. The summed E-state index contributed by atoms with van der Waals surface area (Å²) >= 11 is 0. The van der Waals surface area contributed by atoms with Crippen molar-refractivity contribution >= 4 is 16.8 Å². The summed E-state index contributed by atoms with van der Waals surface area (Å²) < 4.78 is 11.8. The van der Waals surface area contributed by atoms with Crippen LogP contribution in [0.1, 0.15) is 29.5 Å². The van der Waals surface area contributed by atoms with Crippen LogP contribution in [0.5, 0.6) is 11.5 Å². The van der Waals surface area contributed by atoms with E-state index in [4.69, 9.17) is 9.47 Å². The molecule has 2 heterocycles. The van der Waals surface area contributed by atoms with E-state index in [9.17, 15) is 0 Å². The van der Waals surface area contributed by atoms with Crippen molar-refractivity contribution in [2.24, 2.45) is 0 Å². The number of aryl methyl sites for hydroxylation is 1. The normalized spacial score (nSPS) is 16.6. The van der Waals surface area contributed by atoms with Gasteiger partial charge in [-0.1, -0.05) is 78.4 Å². The summed E-state index contributed by atoms with van der Waals surface area (Å²) in [7, 11) is 0. The molecule has 4 aromatic carbocycles. The Kier molecular flexibility index (Phi) is 6.05. The van der Waals surface area contributed by atoms with Gasteiger partial charge in [0.05, 0.1) is 13.2 Å². The zero-order chi connectivity index (χ0) is 24.3. The fraction of sp³-hybridized carbons (Fsp3) is 0.152. The quantitative estimate of drug-likeness (QED) is 0.300. The molecule has 3 nitrogen and oxygen atoms in total. The van der Waals surface area contributed by atoms with Gasteiger partial charge in [-0.25, -0.2) is 0 Å². The van der Waals surface area contributed by atoms with Gasteiger partial charge in [0.1, 0.15) is 11.5 Å². The minimum atomic E-state index is 0.691. The molecule has 0 saturated heterocycles. The number of hydrogen-bond donors (Lipinski definition) is 0. The molecule has 2 aliphatic heterocycles. The average Bonchev–Trinajstić information content (AvgIpc) is 2.94. The second-order valence-corrected chi connectivity index (χ2v) is 9.32. The molecule has 36 heavy (non-hydrogen) atoms. The number of rotatable bonds is 4. The lowest BCUT2D eigenvalue weighted by molar-refractivity contribution is 0.316. The highest BCUT2D eigenvalue weighted by atomic mass is 16.5. The van der Waals surface area contributed by atoms with Crippen LogP contribution in [0.25, 0.3) is 22.3 Å². The van der Waals surface area contributed by atoms with E-state index < -0.39 is 0 Å². The number of fused-ring (bicyclic) bond motifs is 2. The molecular formula is C33H29NO2. The Balaban J connectivity index is 1.42. The second kappa shape index (κ2) is 9.79. The summed E-state index contributed by atoms with van der Waals surface area (Å²) in [5.74, 6) is 1.91. The number of hydrogen-bond acceptors (Lipinski definition) is 3. The second-order valence-electron chi connectivity index (χ2n) is 9.32. The van der Waals surface area contributed by atoms with Crippen molar-refractivity contribution in [3.63, 3.8) is 0 Å². The minimum Gasteiger partial charge on any atom is -0.493 e. The maximum atomic E-state index is 5.92. The number of anilines is 1. The van der Waals surface area contributed by atoms with Crippen LogP contribution in [0.15, 0.2) is 109 Å². The molecule has 0 fully saturated rings. The van der Waals surface area contributed by atoms with Gasteiger partial charge in [0.25, 0.3) is 0 Å². The lowest BCUT2D eigenvalue weighted by Gasteiger charge is -2.26. The summed E-state index contributed by atoms with van der Waals surface area (Å²) in [4.78, 5) is 2.27. The van der Waals surface area contributed by atoms with Crippen LogP contribution in [0.2, 0.25) is 0 Å².